The first-order valence-corrected chi connectivity index (χ1v) is 6.41. The Balaban J connectivity index is 1.98. The Labute approximate surface area is 110 Å². The molecule has 5 nitrogen and oxygen atoms in total. The van der Waals surface area contributed by atoms with E-state index in [0.29, 0.717) is 12.4 Å². The van der Waals surface area contributed by atoms with Crippen LogP contribution in [0.4, 0.5) is 5.82 Å². The number of hydrogen-bond acceptors (Lipinski definition) is 5. The largest absolute Gasteiger partial charge is 0.382 e. The van der Waals surface area contributed by atoms with Crippen LogP contribution in [0, 0.1) is 0 Å². The van der Waals surface area contributed by atoms with Crippen molar-refractivity contribution in [2.45, 2.75) is 6.54 Å². The van der Waals surface area contributed by atoms with Gasteiger partial charge in [0, 0.05) is 9.35 Å². The molecule has 0 spiro atoms. The second kappa shape index (κ2) is 5.24. The van der Waals surface area contributed by atoms with Crippen molar-refractivity contribution < 1.29 is 4.79 Å². The van der Waals surface area contributed by atoms with Crippen LogP contribution in [-0.4, -0.2) is 15.9 Å². The van der Waals surface area contributed by atoms with Crippen molar-refractivity contribution in [3.05, 3.63) is 38.9 Å². The van der Waals surface area contributed by atoms with Gasteiger partial charge < -0.3 is 11.1 Å². The summed E-state index contributed by atoms with van der Waals surface area (Å²) in [5, 5.41) is 4.71. The number of carbonyl (C=O) groups is 1. The molecule has 7 heteroatoms. The van der Waals surface area contributed by atoms with Crippen molar-refractivity contribution in [1.29, 1.82) is 0 Å². The second-order valence-electron chi connectivity index (χ2n) is 3.20. The van der Waals surface area contributed by atoms with Crippen LogP contribution in [0.1, 0.15) is 15.4 Å². The molecule has 0 aromatic carbocycles. The number of nitrogen functional groups attached to an aromatic ring is 1. The number of aromatic nitrogens is 2. The van der Waals surface area contributed by atoms with E-state index < -0.39 is 0 Å². The Morgan fingerprint density at radius 1 is 1.47 bits per heavy atom. The summed E-state index contributed by atoms with van der Waals surface area (Å²) >= 11 is 4.97. The summed E-state index contributed by atoms with van der Waals surface area (Å²) in [5.41, 5.74) is 5.64. The molecular formula is C10H9BrN4OS. The standard InChI is InChI=1S/C10H9BrN4OS/c11-6-1-2-17-8(6)4-15-10(16)7-3-14-9(12)5-13-7/h1-3,5H,4H2,(H2,12,14)(H,15,16). The zero-order valence-corrected chi connectivity index (χ0v) is 11.1. The molecule has 0 aliphatic heterocycles. The third kappa shape index (κ3) is 3.01. The van der Waals surface area contributed by atoms with E-state index in [0.717, 1.165) is 9.35 Å². The van der Waals surface area contributed by atoms with Gasteiger partial charge in [0.15, 0.2) is 0 Å². The van der Waals surface area contributed by atoms with Gasteiger partial charge in [0.2, 0.25) is 0 Å². The zero-order valence-electron chi connectivity index (χ0n) is 8.68. The molecule has 0 bridgehead atoms. The van der Waals surface area contributed by atoms with Crippen LogP contribution in [0.2, 0.25) is 0 Å². The Morgan fingerprint density at radius 3 is 2.88 bits per heavy atom. The fourth-order valence-electron chi connectivity index (χ4n) is 1.16. The van der Waals surface area contributed by atoms with Crippen molar-refractivity contribution in [2.24, 2.45) is 0 Å². The third-order valence-corrected chi connectivity index (χ3v) is 3.93. The second-order valence-corrected chi connectivity index (χ2v) is 5.06. The fourth-order valence-corrected chi connectivity index (χ4v) is 2.59. The van der Waals surface area contributed by atoms with E-state index >= 15 is 0 Å². The monoisotopic (exact) mass is 312 g/mol. The van der Waals surface area contributed by atoms with Gasteiger partial charge >= 0.3 is 0 Å². The molecule has 0 unspecified atom stereocenters. The number of nitrogens with zero attached hydrogens (tertiary/aromatic N) is 2. The van der Waals surface area contributed by atoms with E-state index in [1.807, 2.05) is 11.4 Å². The predicted molar refractivity (Wildman–Crippen MR) is 69.6 cm³/mol. The van der Waals surface area contributed by atoms with Crippen molar-refractivity contribution in [3.8, 4) is 0 Å². The molecule has 2 rings (SSSR count). The van der Waals surface area contributed by atoms with Crippen LogP contribution in [0.3, 0.4) is 0 Å². The number of nitrogens with one attached hydrogen (secondary N) is 1. The molecule has 0 saturated heterocycles. The maximum absolute atomic E-state index is 11.7. The molecule has 0 radical (unpaired) electrons. The minimum atomic E-state index is -0.266. The number of halogens is 1. The van der Waals surface area contributed by atoms with Crippen molar-refractivity contribution in [1.82, 2.24) is 15.3 Å². The predicted octanol–water partition coefficient (Wildman–Crippen LogP) is 1.81. The number of carbonyl (C=O) groups excluding carboxylic acids is 1. The van der Waals surface area contributed by atoms with Crippen LogP contribution in [0.5, 0.6) is 0 Å². The molecule has 1 amide bonds. The van der Waals surface area contributed by atoms with Crippen molar-refractivity contribution in [3.63, 3.8) is 0 Å². The summed E-state index contributed by atoms with van der Waals surface area (Å²) in [6, 6.07) is 1.94. The lowest BCUT2D eigenvalue weighted by Crippen LogP contribution is -2.23. The van der Waals surface area contributed by atoms with Gasteiger partial charge in [-0.2, -0.15) is 0 Å². The lowest BCUT2D eigenvalue weighted by atomic mass is 10.4. The third-order valence-electron chi connectivity index (χ3n) is 2.01. The number of rotatable bonds is 3. The number of nitrogens with two attached hydrogens (primary N) is 1. The van der Waals surface area contributed by atoms with Gasteiger partial charge in [0.25, 0.3) is 5.91 Å². The Kier molecular flexibility index (Phi) is 3.70. The van der Waals surface area contributed by atoms with E-state index in [1.165, 1.54) is 12.4 Å². The first kappa shape index (κ1) is 12.0. The molecular weight excluding hydrogens is 304 g/mol. The maximum Gasteiger partial charge on any atom is 0.271 e. The number of amides is 1. The summed E-state index contributed by atoms with van der Waals surface area (Å²) in [7, 11) is 0. The Bertz CT molecular complexity index is 525. The van der Waals surface area contributed by atoms with Gasteiger partial charge in [-0.1, -0.05) is 0 Å². The molecule has 0 aliphatic carbocycles. The van der Waals surface area contributed by atoms with Crippen LogP contribution in [0.15, 0.2) is 28.3 Å². The van der Waals surface area contributed by atoms with E-state index in [4.69, 9.17) is 5.73 Å². The summed E-state index contributed by atoms with van der Waals surface area (Å²) in [5.74, 6) is 0.0281. The fraction of sp³-hybridized carbons (Fsp3) is 0.100. The Hall–Kier alpha value is -1.47. The highest BCUT2D eigenvalue weighted by molar-refractivity contribution is 9.10. The topological polar surface area (TPSA) is 80.9 Å². The lowest BCUT2D eigenvalue weighted by Gasteiger charge is -2.03. The van der Waals surface area contributed by atoms with Crippen LogP contribution >= 0.6 is 27.3 Å². The van der Waals surface area contributed by atoms with Gasteiger partial charge in [0.05, 0.1) is 18.9 Å². The molecule has 0 saturated carbocycles. The molecule has 17 heavy (non-hydrogen) atoms. The van der Waals surface area contributed by atoms with E-state index in [-0.39, 0.29) is 11.6 Å². The van der Waals surface area contributed by atoms with Crippen molar-refractivity contribution >= 4 is 39.0 Å². The molecule has 88 valence electrons. The average Bonchev–Trinajstić information content (AvgIpc) is 2.73. The lowest BCUT2D eigenvalue weighted by molar-refractivity contribution is 0.0946. The SMILES string of the molecule is Nc1cnc(C(=O)NCc2sccc2Br)cn1. The minimum Gasteiger partial charge on any atom is -0.382 e. The highest BCUT2D eigenvalue weighted by Crippen LogP contribution is 2.22. The van der Waals surface area contributed by atoms with Crippen molar-refractivity contribution in [2.75, 3.05) is 5.73 Å². The first-order valence-electron chi connectivity index (χ1n) is 4.74. The van der Waals surface area contributed by atoms with Gasteiger partial charge in [0.1, 0.15) is 11.5 Å². The van der Waals surface area contributed by atoms with E-state index in [2.05, 4.69) is 31.2 Å². The smallest absolute Gasteiger partial charge is 0.271 e. The highest BCUT2D eigenvalue weighted by atomic mass is 79.9. The normalized spacial score (nSPS) is 10.2. The van der Waals surface area contributed by atoms with Gasteiger partial charge in [-0.3, -0.25) is 4.79 Å². The van der Waals surface area contributed by atoms with Crippen LogP contribution in [-0.2, 0) is 6.54 Å². The summed E-state index contributed by atoms with van der Waals surface area (Å²) < 4.78 is 0.992. The quantitative estimate of drug-likeness (QED) is 0.905. The number of thiophene rings is 1. The molecule has 2 aromatic rings. The maximum atomic E-state index is 11.7. The summed E-state index contributed by atoms with van der Waals surface area (Å²) in [6.07, 6.45) is 2.71. The number of hydrogen-bond donors (Lipinski definition) is 2. The molecule has 2 aromatic heterocycles. The summed E-state index contributed by atoms with van der Waals surface area (Å²) in [4.78, 5) is 20.5. The molecule has 2 heterocycles. The molecule has 0 fully saturated rings. The van der Waals surface area contributed by atoms with Crippen LogP contribution in [0.25, 0.3) is 0 Å². The highest BCUT2D eigenvalue weighted by Gasteiger charge is 2.08. The summed E-state index contributed by atoms with van der Waals surface area (Å²) in [6.45, 7) is 0.461. The van der Waals surface area contributed by atoms with E-state index in [9.17, 15) is 4.79 Å². The zero-order chi connectivity index (χ0) is 12.3. The van der Waals surface area contributed by atoms with Gasteiger partial charge in [-0.25, -0.2) is 9.97 Å². The average molecular weight is 313 g/mol. The molecule has 0 atom stereocenters. The van der Waals surface area contributed by atoms with E-state index in [1.54, 1.807) is 11.3 Å². The minimum absolute atomic E-state index is 0.256. The van der Waals surface area contributed by atoms with Gasteiger partial charge in [-0.15, -0.1) is 11.3 Å². The number of anilines is 1. The Morgan fingerprint density at radius 2 is 2.29 bits per heavy atom. The first-order chi connectivity index (χ1) is 8.16. The van der Waals surface area contributed by atoms with Gasteiger partial charge in [-0.05, 0) is 27.4 Å². The molecule has 3 N–H and O–H groups in total. The molecule has 0 aliphatic rings. The van der Waals surface area contributed by atoms with Crippen LogP contribution < -0.4 is 11.1 Å².